The first-order valence-electron chi connectivity index (χ1n) is 5.83. The number of fused-ring (bicyclic) bond motifs is 1. The number of benzene rings is 2. The summed E-state index contributed by atoms with van der Waals surface area (Å²) in [7, 11) is 0. The number of aromatic carboxylic acids is 1. The van der Waals surface area contributed by atoms with Crippen LogP contribution in [0.5, 0.6) is 0 Å². The van der Waals surface area contributed by atoms with Gasteiger partial charge in [-0.25, -0.2) is 14.2 Å². The predicted octanol–water partition coefficient (Wildman–Crippen LogP) is 4.59. The van der Waals surface area contributed by atoms with Crippen LogP contribution in [0.2, 0.25) is 0 Å². The van der Waals surface area contributed by atoms with Crippen molar-refractivity contribution in [2.24, 2.45) is 0 Å². The maximum atomic E-state index is 13.5. The molecule has 0 radical (unpaired) electrons. The third-order valence-electron chi connectivity index (χ3n) is 2.97. The molecule has 0 aliphatic heterocycles. The van der Waals surface area contributed by atoms with Crippen molar-refractivity contribution in [3.63, 3.8) is 0 Å². The van der Waals surface area contributed by atoms with Crippen molar-refractivity contribution in [2.75, 3.05) is 0 Å². The number of halogens is 3. The molecule has 0 amide bonds. The Balaban J connectivity index is 2.26. The van der Waals surface area contributed by atoms with Crippen LogP contribution in [0.25, 0.3) is 22.4 Å². The fourth-order valence-electron chi connectivity index (χ4n) is 2.05. The number of aromatic nitrogens is 2. The van der Waals surface area contributed by atoms with Gasteiger partial charge in [0.1, 0.15) is 17.2 Å². The minimum atomic E-state index is -1.22. The van der Waals surface area contributed by atoms with Crippen LogP contribution in [-0.2, 0) is 0 Å². The van der Waals surface area contributed by atoms with E-state index in [-0.39, 0.29) is 11.1 Å². The van der Waals surface area contributed by atoms with Crippen molar-refractivity contribution in [3.8, 4) is 11.4 Å². The van der Waals surface area contributed by atoms with Crippen molar-refractivity contribution >= 4 is 48.9 Å². The van der Waals surface area contributed by atoms with Gasteiger partial charge in [0.25, 0.3) is 0 Å². The van der Waals surface area contributed by atoms with E-state index in [0.717, 1.165) is 20.6 Å². The minimum Gasteiger partial charge on any atom is -0.478 e. The molecule has 4 nitrogen and oxygen atoms in total. The maximum absolute atomic E-state index is 13.5. The first kappa shape index (κ1) is 14.2. The van der Waals surface area contributed by atoms with E-state index in [1.807, 2.05) is 18.2 Å². The summed E-state index contributed by atoms with van der Waals surface area (Å²) in [5.41, 5.74) is 1.16. The normalized spacial score (nSPS) is 11.0. The third-order valence-corrected chi connectivity index (χ3v) is 4.12. The molecule has 0 aliphatic rings. The van der Waals surface area contributed by atoms with Crippen LogP contribution in [0.4, 0.5) is 4.39 Å². The molecule has 0 bridgehead atoms. The Bertz CT molecular complexity index is 877. The number of imidazole rings is 1. The molecule has 0 aliphatic carbocycles. The molecule has 1 heterocycles. The number of carboxylic acid groups (broad SMARTS) is 1. The second kappa shape index (κ2) is 5.23. The summed E-state index contributed by atoms with van der Waals surface area (Å²) in [6.45, 7) is 0. The van der Waals surface area contributed by atoms with Crippen LogP contribution in [0.15, 0.2) is 39.3 Å². The fraction of sp³-hybridized carbons (Fsp3) is 0. The molecule has 0 saturated carbocycles. The molecule has 0 atom stereocenters. The first-order valence-corrected chi connectivity index (χ1v) is 7.42. The summed E-state index contributed by atoms with van der Waals surface area (Å²) in [5, 5.41) is 9.14. The van der Waals surface area contributed by atoms with E-state index in [4.69, 9.17) is 5.11 Å². The summed E-state index contributed by atoms with van der Waals surface area (Å²) in [5.74, 6) is -1.37. The van der Waals surface area contributed by atoms with Crippen molar-refractivity contribution in [2.45, 2.75) is 0 Å². The zero-order valence-electron chi connectivity index (χ0n) is 10.3. The standard InChI is InChI=1S/C14H7Br2FN2O2/c15-6-1-2-8(10(16)3-6)13-18-11-5-7(17)4-9(14(20)21)12(11)19-13/h1-5H,(H,18,19)(H,20,21). The lowest BCUT2D eigenvalue weighted by atomic mass is 10.2. The Hall–Kier alpha value is -1.73. The Morgan fingerprint density at radius 1 is 1.24 bits per heavy atom. The second-order valence-electron chi connectivity index (χ2n) is 4.36. The van der Waals surface area contributed by atoms with Gasteiger partial charge in [-0.1, -0.05) is 15.9 Å². The second-order valence-corrected chi connectivity index (χ2v) is 6.13. The van der Waals surface area contributed by atoms with E-state index < -0.39 is 11.8 Å². The molecule has 3 aromatic rings. The lowest BCUT2D eigenvalue weighted by molar-refractivity contribution is 0.0698. The molecule has 0 fully saturated rings. The molecule has 0 unspecified atom stereocenters. The monoisotopic (exact) mass is 412 g/mol. The zero-order valence-corrected chi connectivity index (χ0v) is 13.5. The highest BCUT2D eigenvalue weighted by atomic mass is 79.9. The molecule has 3 rings (SSSR count). The van der Waals surface area contributed by atoms with Gasteiger partial charge in [0.15, 0.2) is 0 Å². The number of aromatic amines is 1. The van der Waals surface area contributed by atoms with Gasteiger partial charge >= 0.3 is 5.97 Å². The lowest BCUT2D eigenvalue weighted by Gasteiger charge is -2.00. The number of carbonyl (C=O) groups is 1. The Morgan fingerprint density at radius 3 is 2.67 bits per heavy atom. The summed E-state index contributed by atoms with van der Waals surface area (Å²) in [6.07, 6.45) is 0. The van der Waals surface area contributed by atoms with Gasteiger partial charge in [-0.05, 0) is 46.3 Å². The molecule has 0 spiro atoms. The van der Waals surface area contributed by atoms with Gasteiger partial charge in [0, 0.05) is 14.5 Å². The molecule has 2 N–H and O–H groups in total. The first-order chi connectivity index (χ1) is 9.95. The Labute approximate surface area is 135 Å². The fourth-order valence-corrected chi connectivity index (χ4v) is 3.29. The molecule has 2 aromatic carbocycles. The van der Waals surface area contributed by atoms with Gasteiger partial charge in [0.05, 0.1) is 11.1 Å². The highest BCUT2D eigenvalue weighted by Gasteiger charge is 2.16. The molecular weight excluding hydrogens is 407 g/mol. The third kappa shape index (κ3) is 2.58. The average Bonchev–Trinajstić information content (AvgIpc) is 2.80. The number of nitrogens with zero attached hydrogens (tertiary/aromatic N) is 1. The quantitative estimate of drug-likeness (QED) is 0.645. The molecule has 0 saturated heterocycles. The number of hydrogen-bond acceptors (Lipinski definition) is 2. The van der Waals surface area contributed by atoms with E-state index in [1.54, 1.807) is 0 Å². The molecule has 106 valence electrons. The van der Waals surface area contributed by atoms with E-state index in [9.17, 15) is 9.18 Å². The van der Waals surface area contributed by atoms with E-state index in [0.29, 0.717) is 11.3 Å². The highest BCUT2D eigenvalue weighted by molar-refractivity contribution is 9.11. The molecule has 21 heavy (non-hydrogen) atoms. The summed E-state index contributed by atoms with van der Waals surface area (Å²) in [6, 6.07) is 7.70. The van der Waals surface area contributed by atoms with Crippen LogP contribution in [0.1, 0.15) is 10.4 Å². The number of nitrogens with one attached hydrogen (secondary N) is 1. The van der Waals surface area contributed by atoms with Gasteiger partial charge in [-0.3, -0.25) is 0 Å². The number of carboxylic acids is 1. The van der Waals surface area contributed by atoms with E-state index >= 15 is 0 Å². The summed E-state index contributed by atoms with van der Waals surface area (Å²) >= 11 is 6.78. The summed E-state index contributed by atoms with van der Waals surface area (Å²) in [4.78, 5) is 18.4. The van der Waals surface area contributed by atoms with Crippen LogP contribution >= 0.6 is 31.9 Å². The van der Waals surface area contributed by atoms with Gasteiger partial charge in [-0.15, -0.1) is 0 Å². The molecule has 1 aromatic heterocycles. The number of rotatable bonds is 2. The van der Waals surface area contributed by atoms with Crippen molar-refractivity contribution < 1.29 is 14.3 Å². The maximum Gasteiger partial charge on any atom is 0.338 e. The number of H-pyrrole nitrogens is 1. The smallest absolute Gasteiger partial charge is 0.338 e. The minimum absolute atomic E-state index is 0.166. The van der Waals surface area contributed by atoms with E-state index in [2.05, 4.69) is 41.8 Å². The van der Waals surface area contributed by atoms with Gasteiger partial charge in [0.2, 0.25) is 0 Å². The molecule has 7 heteroatoms. The lowest BCUT2D eigenvalue weighted by Crippen LogP contribution is -1.98. The predicted molar refractivity (Wildman–Crippen MR) is 83.8 cm³/mol. The topological polar surface area (TPSA) is 66.0 Å². The van der Waals surface area contributed by atoms with Gasteiger partial charge < -0.3 is 10.1 Å². The SMILES string of the molecule is O=C(O)c1cc(F)cc2[nH]c(-c3ccc(Br)cc3Br)nc12. The Kier molecular flexibility index (Phi) is 3.54. The van der Waals surface area contributed by atoms with Crippen LogP contribution < -0.4 is 0 Å². The number of hydrogen-bond donors (Lipinski definition) is 2. The average molecular weight is 414 g/mol. The summed E-state index contributed by atoms with van der Waals surface area (Å²) < 4.78 is 15.2. The zero-order chi connectivity index (χ0) is 15.1. The van der Waals surface area contributed by atoms with Crippen LogP contribution in [-0.4, -0.2) is 21.0 Å². The van der Waals surface area contributed by atoms with Crippen molar-refractivity contribution in [1.82, 2.24) is 9.97 Å². The van der Waals surface area contributed by atoms with E-state index in [1.165, 1.54) is 6.07 Å². The Morgan fingerprint density at radius 2 is 2.00 bits per heavy atom. The van der Waals surface area contributed by atoms with Crippen LogP contribution in [0, 0.1) is 5.82 Å². The van der Waals surface area contributed by atoms with Crippen molar-refractivity contribution in [3.05, 3.63) is 50.7 Å². The largest absolute Gasteiger partial charge is 0.478 e. The molecular formula is C14H7Br2FN2O2. The highest BCUT2D eigenvalue weighted by Crippen LogP contribution is 2.31. The van der Waals surface area contributed by atoms with Crippen LogP contribution in [0.3, 0.4) is 0 Å². The van der Waals surface area contributed by atoms with Gasteiger partial charge in [-0.2, -0.15) is 0 Å². The van der Waals surface area contributed by atoms with Crippen molar-refractivity contribution in [1.29, 1.82) is 0 Å².